The Morgan fingerprint density at radius 1 is 1.18 bits per heavy atom. The third-order valence-corrected chi connectivity index (χ3v) is 4.79. The summed E-state index contributed by atoms with van der Waals surface area (Å²) in [7, 11) is 4.95. The van der Waals surface area contributed by atoms with Crippen molar-refractivity contribution in [2.75, 3.05) is 27.9 Å². The predicted octanol–water partition coefficient (Wildman–Crippen LogP) is 3.93. The quantitative estimate of drug-likeness (QED) is 0.536. The Bertz CT molecular complexity index is 933. The SMILES string of the molecule is CN=C(C=C(N)Sc1cc(OC)ccc1OC)c1ccc(OCC#N)cc1C. The van der Waals surface area contributed by atoms with E-state index < -0.39 is 0 Å². The summed E-state index contributed by atoms with van der Waals surface area (Å²) in [6, 6.07) is 13.1. The molecular formula is C21H23N3O3S. The molecule has 0 saturated heterocycles. The van der Waals surface area contributed by atoms with Crippen LogP contribution < -0.4 is 19.9 Å². The maximum Gasteiger partial charge on any atom is 0.174 e. The Kier molecular flexibility index (Phi) is 7.78. The lowest BCUT2D eigenvalue weighted by atomic mass is 10.0. The lowest BCUT2D eigenvalue weighted by Crippen LogP contribution is -2.05. The first-order valence-electron chi connectivity index (χ1n) is 8.47. The number of ether oxygens (including phenoxy) is 3. The van der Waals surface area contributed by atoms with E-state index in [0.29, 0.717) is 16.5 Å². The van der Waals surface area contributed by atoms with Gasteiger partial charge in [-0.3, -0.25) is 4.99 Å². The minimum atomic E-state index is 0.0133. The summed E-state index contributed by atoms with van der Waals surface area (Å²) in [6.07, 6.45) is 1.82. The number of rotatable bonds is 8. The van der Waals surface area contributed by atoms with Crippen molar-refractivity contribution in [2.45, 2.75) is 11.8 Å². The number of allylic oxidation sites excluding steroid dienone is 1. The van der Waals surface area contributed by atoms with Crippen molar-refractivity contribution in [2.24, 2.45) is 10.7 Å². The molecule has 2 aromatic carbocycles. The van der Waals surface area contributed by atoms with Crippen LogP contribution in [0.15, 0.2) is 57.4 Å². The van der Waals surface area contributed by atoms with Gasteiger partial charge in [-0.05, 0) is 55.0 Å². The molecule has 6 nitrogen and oxygen atoms in total. The van der Waals surface area contributed by atoms with Gasteiger partial charge in [-0.25, -0.2) is 0 Å². The number of aryl methyl sites for hydroxylation is 1. The van der Waals surface area contributed by atoms with Gasteiger partial charge in [-0.2, -0.15) is 5.26 Å². The van der Waals surface area contributed by atoms with Crippen LogP contribution in [0.3, 0.4) is 0 Å². The van der Waals surface area contributed by atoms with Gasteiger partial charge < -0.3 is 19.9 Å². The first kappa shape index (κ1) is 21.2. The number of hydrogen-bond donors (Lipinski definition) is 1. The van der Waals surface area contributed by atoms with Crippen LogP contribution in [-0.2, 0) is 0 Å². The van der Waals surface area contributed by atoms with E-state index in [1.807, 2.05) is 55.5 Å². The third-order valence-electron chi connectivity index (χ3n) is 3.90. The Hall–Kier alpha value is -3.11. The van der Waals surface area contributed by atoms with Crippen molar-refractivity contribution in [3.8, 4) is 23.3 Å². The van der Waals surface area contributed by atoms with Crippen molar-refractivity contribution in [1.29, 1.82) is 5.26 Å². The summed E-state index contributed by atoms with van der Waals surface area (Å²) in [5.74, 6) is 2.09. The van der Waals surface area contributed by atoms with Gasteiger partial charge in [0.2, 0.25) is 0 Å². The Balaban J connectivity index is 2.26. The first-order valence-corrected chi connectivity index (χ1v) is 9.28. The number of aliphatic imine (C=N–C) groups is 1. The van der Waals surface area contributed by atoms with Crippen LogP contribution in [0.1, 0.15) is 11.1 Å². The zero-order chi connectivity index (χ0) is 20.5. The molecule has 2 aromatic rings. The molecule has 0 atom stereocenters. The minimum absolute atomic E-state index is 0.0133. The molecule has 0 unspecified atom stereocenters. The molecule has 146 valence electrons. The van der Waals surface area contributed by atoms with Crippen molar-refractivity contribution in [1.82, 2.24) is 0 Å². The maximum absolute atomic E-state index is 8.63. The summed E-state index contributed by atoms with van der Waals surface area (Å²) < 4.78 is 16.0. The number of hydrogen-bond acceptors (Lipinski definition) is 7. The molecule has 0 aromatic heterocycles. The highest BCUT2D eigenvalue weighted by Crippen LogP contribution is 2.35. The molecule has 2 N–H and O–H groups in total. The van der Waals surface area contributed by atoms with Crippen molar-refractivity contribution in [3.05, 3.63) is 58.6 Å². The van der Waals surface area contributed by atoms with Crippen LogP contribution in [0.25, 0.3) is 0 Å². The van der Waals surface area contributed by atoms with E-state index in [2.05, 4.69) is 4.99 Å². The lowest BCUT2D eigenvalue weighted by Gasteiger charge is -2.12. The van der Waals surface area contributed by atoms with Crippen LogP contribution in [0.4, 0.5) is 0 Å². The van der Waals surface area contributed by atoms with Gasteiger partial charge in [0.1, 0.15) is 23.3 Å². The highest BCUT2D eigenvalue weighted by atomic mass is 32.2. The fourth-order valence-electron chi connectivity index (χ4n) is 2.55. The molecule has 28 heavy (non-hydrogen) atoms. The maximum atomic E-state index is 8.63. The van der Waals surface area contributed by atoms with E-state index in [9.17, 15) is 0 Å². The number of benzene rings is 2. The van der Waals surface area contributed by atoms with E-state index in [1.165, 1.54) is 11.8 Å². The van der Waals surface area contributed by atoms with Gasteiger partial charge >= 0.3 is 0 Å². The zero-order valence-corrected chi connectivity index (χ0v) is 17.2. The van der Waals surface area contributed by atoms with Gasteiger partial charge in [-0.1, -0.05) is 11.8 Å². The standard InChI is InChI=1S/C21H23N3O3S/c1-14-11-16(27-10-9-22)5-7-17(14)18(24-2)13-21(23)28-20-12-15(25-3)6-8-19(20)26-4/h5-8,11-13H,10,23H2,1-4H3. The molecular weight excluding hydrogens is 374 g/mol. The van der Waals surface area contributed by atoms with Crippen LogP contribution in [0, 0.1) is 18.3 Å². The van der Waals surface area contributed by atoms with Crippen LogP contribution in [0.2, 0.25) is 0 Å². The second-order valence-corrected chi connectivity index (χ2v) is 6.81. The summed E-state index contributed by atoms with van der Waals surface area (Å²) >= 11 is 1.38. The summed E-state index contributed by atoms with van der Waals surface area (Å²) in [5.41, 5.74) is 8.93. The Morgan fingerprint density at radius 2 is 1.93 bits per heavy atom. The number of nitriles is 1. The summed E-state index contributed by atoms with van der Waals surface area (Å²) in [6.45, 7) is 1.97. The zero-order valence-electron chi connectivity index (χ0n) is 16.4. The average Bonchev–Trinajstić information content (AvgIpc) is 2.70. The third kappa shape index (κ3) is 5.44. The highest BCUT2D eigenvalue weighted by Gasteiger charge is 2.10. The molecule has 0 amide bonds. The second kappa shape index (κ2) is 10.3. The topological polar surface area (TPSA) is 89.9 Å². The van der Waals surface area contributed by atoms with Crippen LogP contribution in [0.5, 0.6) is 17.2 Å². The molecule has 0 aliphatic rings. The fourth-order valence-corrected chi connectivity index (χ4v) is 3.40. The summed E-state index contributed by atoms with van der Waals surface area (Å²) in [4.78, 5) is 5.22. The predicted molar refractivity (Wildman–Crippen MR) is 112 cm³/mol. The Morgan fingerprint density at radius 3 is 2.54 bits per heavy atom. The lowest BCUT2D eigenvalue weighted by molar-refractivity contribution is 0.368. The smallest absolute Gasteiger partial charge is 0.174 e. The monoisotopic (exact) mass is 397 g/mol. The molecule has 0 bridgehead atoms. The molecule has 0 saturated carbocycles. The number of nitrogens with two attached hydrogens (primary N) is 1. The minimum Gasteiger partial charge on any atom is -0.497 e. The van der Waals surface area contributed by atoms with Gasteiger partial charge in [-0.15, -0.1) is 0 Å². The van der Waals surface area contributed by atoms with Crippen LogP contribution >= 0.6 is 11.8 Å². The van der Waals surface area contributed by atoms with Gasteiger partial charge in [0.15, 0.2) is 6.61 Å². The molecule has 0 aliphatic carbocycles. The first-order chi connectivity index (χ1) is 13.5. The molecule has 2 rings (SSSR count). The molecule has 7 heteroatoms. The molecule has 0 spiro atoms. The Labute approximate surface area is 169 Å². The van der Waals surface area contributed by atoms with E-state index >= 15 is 0 Å². The van der Waals surface area contributed by atoms with Crippen LogP contribution in [-0.4, -0.2) is 33.6 Å². The molecule has 0 aliphatic heterocycles. The van der Waals surface area contributed by atoms with Gasteiger partial charge in [0.05, 0.1) is 29.9 Å². The summed E-state index contributed by atoms with van der Waals surface area (Å²) in [5, 5.41) is 9.20. The molecule has 0 heterocycles. The molecule has 0 fully saturated rings. The highest BCUT2D eigenvalue weighted by molar-refractivity contribution is 8.03. The van der Waals surface area contributed by atoms with Gasteiger partial charge in [0.25, 0.3) is 0 Å². The number of nitrogens with zero attached hydrogens (tertiary/aromatic N) is 2. The van der Waals surface area contributed by atoms with Crippen molar-refractivity contribution in [3.63, 3.8) is 0 Å². The average molecular weight is 398 g/mol. The second-order valence-electron chi connectivity index (χ2n) is 5.70. The van der Waals surface area contributed by atoms with Crippen molar-refractivity contribution < 1.29 is 14.2 Å². The van der Waals surface area contributed by atoms with E-state index in [1.54, 1.807) is 21.3 Å². The largest absolute Gasteiger partial charge is 0.497 e. The molecule has 0 radical (unpaired) electrons. The van der Waals surface area contributed by atoms with E-state index in [-0.39, 0.29) is 6.61 Å². The van der Waals surface area contributed by atoms with E-state index in [4.69, 9.17) is 25.2 Å². The van der Waals surface area contributed by atoms with E-state index in [0.717, 1.165) is 27.5 Å². The number of methoxy groups -OCH3 is 2. The number of thioether (sulfide) groups is 1. The fraction of sp³-hybridized carbons (Fsp3) is 0.238. The van der Waals surface area contributed by atoms with Gasteiger partial charge in [0, 0.05) is 12.6 Å². The van der Waals surface area contributed by atoms with Crippen molar-refractivity contribution >= 4 is 17.5 Å². The normalized spacial score (nSPS) is 11.7.